The number of allylic oxidation sites excluding steroid dienone is 2. The van der Waals surface area contributed by atoms with Crippen LogP contribution in [0.5, 0.6) is 0 Å². The Morgan fingerprint density at radius 1 is 1.14 bits per heavy atom. The average Bonchev–Trinajstić information content (AvgIpc) is 3.11. The molecule has 0 bridgehead atoms. The summed E-state index contributed by atoms with van der Waals surface area (Å²) < 4.78 is 37.6. The molecule has 8 heteroatoms. The first-order chi connectivity index (χ1) is 10.0. The van der Waals surface area contributed by atoms with Crippen LogP contribution in [0, 0.1) is 0 Å². The summed E-state index contributed by atoms with van der Waals surface area (Å²) in [5.41, 5.74) is 2.41. The van der Waals surface area contributed by atoms with E-state index in [2.05, 4.69) is 31.9 Å². The van der Waals surface area contributed by atoms with Gasteiger partial charge in [-0.1, -0.05) is 0 Å². The number of aromatic nitrogens is 1. The van der Waals surface area contributed by atoms with Crippen LogP contribution in [-0.4, -0.2) is 20.6 Å². The third-order valence-corrected chi connectivity index (χ3v) is 4.97. The van der Waals surface area contributed by atoms with Gasteiger partial charge in [0, 0.05) is 39.3 Å². The SMILES string of the molecule is F[B-]1(F)n2c(Br)ccc2C(c2ccoc2)=C2C=CC(Br)=[N+]21. The molecular weight excluding hydrogens is 409 g/mol. The average molecular weight is 416 g/mol. The van der Waals surface area contributed by atoms with Crippen molar-refractivity contribution in [3.63, 3.8) is 0 Å². The molecule has 0 spiro atoms. The van der Waals surface area contributed by atoms with Gasteiger partial charge in [0.2, 0.25) is 4.62 Å². The third-order valence-electron chi connectivity index (χ3n) is 3.68. The number of rotatable bonds is 1. The van der Waals surface area contributed by atoms with Crippen LogP contribution >= 0.6 is 31.9 Å². The van der Waals surface area contributed by atoms with Crippen molar-refractivity contribution in [2.45, 2.75) is 0 Å². The normalized spacial score (nSPS) is 19.2. The van der Waals surface area contributed by atoms with Crippen molar-refractivity contribution in [3.05, 3.63) is 64.4 Å². The van der Waals surface area contributed by atoms with Crippen molar-refractivity contribution in [1.82, 2.24) is 4.48 Å². The van der Waals surface area contributed by atoms with Crippen molar-refractivity contribution >= 4 is 49.0 Å². The molecule has 2 aromatic rings. The lowest BCUT2D eigenvalue weighted by atomic mass is 9.87. The zero-order chi connectivity index (χ0) is 14.8. The number of nitrogens with zero attached hydrogens (tertiary/aromatic N) is 2. The van der Waals surface area contributed by atoms with Crippen LogP contribution in [0.4, 0.5) is 8.63 Å². The van der Waals surface area contributed by atoms with Crippen molar-refractivity contribution in [3.8, 4) is 0 Å². The zero-order valence-corrected chi connectivity index (χ0v) is 13.6. The predicted molar refractivity (Wildman–Crippen MR) is 83.6 cm³/mol. The molecule has 4 heterocycles. The van der Waals surface area contributed by atoms with E-state index >= 15 is 0 Å². The highest BCUT2D eigenvalue weighted by molar-refractivity contribution is 9.18. The maximum atomic E-state index is 14.9. The number of furan rings is 1. The van der Waals surface area contributed by atoms with Gasteiger partial charge in [0.1, 0.15) is 0 Å². The summed E-state index contributed by atoms with van der Waals surface area (Å²) in [6, 6.07) is 5.08. The molecule has 0 saturated carbocycles. The van der Waals surface area contributed by atoms with Crippen LogP contribution < -0.4 is 0 Å². The third kappa shape index (κ3) is 1.66. The number of fused-ring (bicyclic) bond motifs is 2. The second kappa shape index (κ2) is 4.30. The molecule has 0 aliphatic carbocycles. The minimum Gasteiger partial charge on any atom is -0.472 e. The molecule has 2 aliphatic rings. The second-order valence-corrected chi connectivity index (χ2v) is 6.42. The van der Waals surface area contributed by atoms with E-state index in [0.717, 1.165) is 14.5 Å². The van der Waals surface area contributed by atoms with Crippen LogP contribution in [0.3, 0.4) is 0 Å². The van der Waals surface area contributed by atoms with Crippen molar-refractivity contribution in [2.75, 3.05) is 0 Å². The first kappa shape index (κ1) is 13.3. The van der Waals surface area contributed by atoms with E-state index in [1.54, 1.807) is 36.6 Å². The fraction of sp³-hybridized carbons (Fsp3) is 0. The second-order valence-electron chi connectivity index (χ2n) is 4.80. The largest absolute Gasteiger partial charge is 0.738 e. The van der Waals surface area contributed by atoms with Gasteiger partial charge in [-0.2, -0.15) is 0 Å². The molecule has 2 aliphatic heterocycles. The van der Waals surface area contributed by atoms with Crippen molar-refractivity contribution < 1.29 is 17.5 Å². The molecule has 0 radical (unpaired) electrons. The number of halogens is 4. The van der Waals surface area contributed by atoms with Gasteiger partial charge in [-0.3, -0.25) is 0 Å². The molecule has 0 amide bonds. The monoisotopic (exact) mass is 414 g/mol. The predicted octanol–water partition coefficient (Wildman–Crippen LogP) is 4.22. The van der Waals surface area contributed by atoms with E-state index in [-0.39, 0.29) is 0 Å². The maximum Gasteiger partial charge on any atom is 0.738 e. The summed E-state index contributed by atoms with van der Waals surface area (Å²) in [6.45, 7) is -3.96. The van der Waals surface area contributed by atoms with E-state index in [0.29, 0.717) is 26.2 Å². The summed E-state index contributed by atoms with van der Waals surface area (Å²) in [5, 5.41) is 0. The first-order valence-electron chi connectivity index (χ1n) is 6.18. The molecule has 0 unspecified atom stereocenters. The summed E-state index contributed by atoms with van der Waals surface area (Å²) in [4.78, 5) is 0. The first-order valence-corrected chi connectivity index (χ1v) is 7.76. The van der Waals surface area contributed by atoms with E-state index in [1.165, 1.54) is 6.26 Å². The smallest absolute Gasteiger partial charge is 0.472 e. The molecule has 0 saturated heterocycles. The summed E-state index contributed by atoms with van der Waals surface area (Å²) in [5.74, 6) is 0. The highest BCUT2D eigenvalue weighted by atomic mass is 79.9. The standard InChI is InChI=1S/C13H7BBr2F2N2O/c15-11-3-1-9-13(8-5-6-21-7-8)10-2-4-12(16)20(10)14(17,18)19(9)11/h1-7H. The van der Waals surface area contributed by atoms with Crippen LogP contribution in [0.1, 0.15) is 11.3 Å². The molecule has 4 rings (SSSR count). The Labute approximate surface area is 135 Å². The van der Waals surface area contributed by atoms with Gasteiger partial charge in [-0.05, 0) is 34.1 Å². The van der Waals surface area contributed by atoms with E-state index in [1.807, 2.05) is 0 Å². The lowest BCUT2D eigenvalue weighted by Gasteiger charge is -2.31. The molecule has 0 atom stereocenters. The van der Waals surface area contributed by atoms with Gasteiger partial charge in [0.25, 0.3) is 0 Å². The van der Waals surface area contributed by atoms with Gasteiger partial charge in [-0.15, -0.1) is 0 Å². The molecule has 0 fully saturated rings. The number of hydrogen-bond donors (Lipinski definition) is 0. The molecule has 0 aromatic carbocycles. The number of hydrogen-bond acceptors (Lipinski definition) is 1. The Kier molecular flexibility index (Phi) is 2.72. The molecule has 21 heavy (non-hydrogen) atoms. The fourth-order valence-corrected chi connectivity index (χ4v) is 3.97. The minimum absolute atomic E-state index is 0.342. The molecule has 106 valence electrons. The fourth-order valence-electron chi connectivity index (χ4n) is 2.83. The Balaban J connectivity index is 2.14. The lowest BCUT2D eigenvalue weighted by molar-refractivity contribution is -0.358. The Morgan fingerprint density at radius 3 is 2.67 bits per heavy atom. The van der Waals surface area contributed by atoms with E-state index < -0.39 is 6.97 Å². The van der Waals surface area contributed by atoms with E-state index in [4.69, 9.17) is 4.42 Å². The minimum atomic E-state index is -3.96. The van der Waals surface area contributed by atoms with Crippen LogP contribution in [0.25, 0.3) is 5.57 Å². The zero-order valence-electron chi connectivity index (χ0n) is 10.4. The van der Waals surface area contributed by atoms with E-state index in [9.17, 15) is 8.63 Å². The molecule has 0 N–H and O–H groups in total. The highest BCUT2D eigenvalue weighted by Crippen LogP contribution is 2.41. The Morgan fingerprint density at radius 2 is 1.95 bits per heavy atom. The van der Waals surface area contributed by atoms with Crippen LogP contribution in [0.2, 0.25) is 0 Å². The van der Waals surface area contributed by atoms with Gasteiger partial charge in [0.05, 0.1) is 22.7 Å². The summed E-state index contributed by atoms with van der Waals surface area (Å²) >= 11 is 6.43. The summed E-state index contributed by atoms with van der Waals surface area (Å²) in [6.07, 6.45) is 6.41. The van der Waals surface area contributed by atoms with Gasteiger partial charge in [-0.25, -0.2) is 0 Å². The van der Waals surface area contributed by atoms with Crippen molar-refractivity contribution in [1.29, 1.82) is 0 Å². The van der Waals surface area contributed by atoms with Crippen molar-refractivity contribution in [2.24, 2.45) is 0 Å². The Bertz CT molecular complexity index is 850. The van der Waals surface area contributed by atoms with Gasteiger partial charge in [0.15, 0.2) is 5.70 Å². The lowest BCUT2D eigenvalue weighted by Crippen LogP contribution is -2.50. The van der Waals surface area contributed by atoms with Gasteiger partial charge < -0.3 is 22.0 Å². The quantitative estimate of drug-likeness (QED) is 0.639. The topological polar surface area (TPSA) is 21.1 Å². The Hall–Kier alpha value is -1.41. The van der Waals surface area contributed by atoms with Gasteiger partial charge >= 0.3 is 6.97 Å². The van der Waals surface area contributed by atoms with Crippen LogP contribution in [0.15, 0.2) is 57.6 Å². The van der Waals surface area contributed by atoms with Crippen LogP contribution in [-0.2, 0) is 0 Å². The molecule has 2 aromatic heterocycles. The maximum absolute atomic E-state index is 14.9. The molecule has 3 nitrogen and oxygen atoms in total. The summed E-state index contributed by atoms with van der Waals surface area (Å²) in [7, 11) is 0. The highest BCUT2D eigenvalue weighted by Gasteiger charge is 2.54. The molecular formula is C13H7BBr2F2N2O.